The van der Waals surface area contributed by atoms with Gasteiger partial charge in [0.1, 0.15) is 0 Å². The van der Waals surface area contributed by atoms with Crippen molar-refractivity contribution in [2.45, 2.75) is 26.2 Å². The summed E-state index contributed by atoms with van der Waals surface area (Å²) in [6.07, 6.45) is 13.8. The van der Waals surface area contributed by atoms with Crippen LogP contribution >= 0.6 is 0 Å². The fourth-order valence-corrected chi connectivity index (χ4v) is 3.62. The molecule has 64 valence electrons. The van der Waals surface area contributed by atoms with Crippen molar-refractivity contribution in [2.75, 3.05) is 0 Å². The molecule has 0 aromatic rings. The maximum Gasteiger partial charge on any atom is -0.0107 e. The van der Waals surface area contributed by atoms with Gasteiger partial charge in [-0.3, -0.25) is 0 Å². The molecule has 0 heterocycles. The summed E-state index contributed by atoms with van der Waals surface area (Å²) in [4.78, 5) is 0. The molecule has 0 radical (unpaired) electrons. The van der Waals surface area contributed by atoms with Crippen molar-refractivity contribution >= 4 is 0 Å². The Labute approximate surface area is 74.4 Å². The molecule has 0 spiro atoms. The van der Waals surface area contributed by atoms with Gasteiger partial charge in [0.05, 0.1) is 0 Å². The molecule has 0 saturated heterocycles. The Kier molecular flexibility index (Phi) is 1.18. The zero-order valence-corrected chi connectivity index (χ0v) is 7.66. The van der Waals surface area contributed by atoms with Crippen LogP contribution in [-0.4, -0.2) is 0 Å². The van der Waals surface area contributed by atoms with Gasteiger partial charge in [-0.05, 0) is 42.4 Å². The SMILES string of the molecule is CC12C=CC(C1)C1CC=CCC12. The van der Waals surface area contributed by atoms with Crippen LogP contribution in [0.25, 0.3) is 0 Å². The van der Waals surface area contributed by atoms with Gasteiger partial charge in [0.15, 0.2) is 0 Å². The Hall–Kier alpha value is -0.520. The van der Waals surface area contributed by atoms with Gasteiger partial charge in [-0.1, -0.05) is 31.2 Å². The Morgan fingerprint density at radius 3 is 2.92 bits per heavy atom. The lowest BCUT2D eigenvalue weighted by molar-refractivity contribution is 0.233. The first-order chi connectivity index (χ1) is 5.80. The number of allylic oxidation sites excluding steroid dienone is 4. The Balaban J connectivity index is 2.02. The van der Waals surface area contributed by atoms with Crippen LogP contribution in [0.15, 0.2) is 24.3 Å². The summed E-state index contributed by atoms with van der Waals surface area (Å²) in [7, 11) is 0. The zero-order valence-electron chi connectivity index (χ0n) is 7.66. The van der Waals surface area contributed by atoms with E-state index in [0.29, 0.717) is 5.41 Å². The number of rotatable bonds is 0. The van der Waals surface area contributed by atoms with E-state index in [0.717, 1.165) is 17.8 Å². The number of hydrogen-bond donors (Lipinski definition) is 0. The van der Waals surface area contributed by atoms with Crippen molar-refractivity contribution in [1.82, 2.24) is 0 Å². The molecule has 4 atom stereocenters. The molecule has 0 heteroatoms. The van der Waals surface area contributed by atoms with Crippen LogP contribution in [0.4, 0.5) is 0 Å². The van der Waals surface area contributed by atoms with Crippen LogP contribution in [0.2, 0.25) is 0 Å². The lowest BCUT2D eigenvalue weighted by Gasteiger charge is -2.34. The molecule has 4 unspecified atom stereocenters. The third-order valence-corrected chi connectivity index (χ3v) is 4.28. The van der Waals surface area contributed by atoms with E-state index >= 15 is 0 Å². The molecule has 0 aliphatic heterocycles. The highest BCUT2D eigenvalue weighted by molar-refractivity contribution is 5.22. The van der Waals surface area contributed by atoms with Crippen molar-refractivity contribution in [3.8, 4) is 0 Å². The monoisotopic (exact) mass is 160 g/mol. The first-order valence-corrected chi connectivity index (χ1v) is 5.14. The van der Waals surface area contributed by atoms with Crippen LogP contribution in [0.5, 0.6) is 0 Å². The van der Waals surface area contributed by atoms with Gasteiger partial charge in [-0.15, -0.1) is 0 Å². The molecule has 1 fully saturated rings. The summed E-state index contributed by atoms with van der Waals surface area (Å²) in [6.45, 7) is 2.45. The molecular formula is C12H16. The van der Waals surface area contributed by atoms with Gasteiger partial charge in [-0.25, -0.2) is 0 Å². The zero-order chi connectivity index (χ0) is 8.18. The first kappa shape index (κ1) is 6.94. The van der Waals surface area contributed by atoms with Gasteiger partial charge in [0, 0.05) is 0 Å². The highest BCUT2D eigenvalue weighted by atomic mass is 14.5. The van der Waals surface area contributed by atoms with Crippen LogP contribution in [-0.2, 0) is 0 Å². The lowest BCUT2D eigenvalue weighted by atomic mass is 9.70. The Morgan fingerprint density at radius 2 is 2.08 bits per heavy atom. The molecule has 1 saturated carbocycles. The van der Waals surface area contributed by atoms with Crippen LogP contribution in [0.3, 0.4) is 0 Å². The molecule has 3 rings (SSSR count). The highest BCUT2D eigenvalue weighted by Gasteiger charge is 2.51. The third-order valence-electron chi connectivity index (χ3n) is 4.28. The van der Waals surface area contributed by atoms with E-state index in [9.17, 15) is 0 Å². The molecule has 3 aliphatic carbocycles. The van der Waals surface area contributed by atoms with Crippen molar-refractivity contribution in [3.63, 3.8) is 0 Å². The predicted octanol–water partition coefficient (Wildman–Crippen LogP) is 3.16. The molecule has 0 nitrogen and oxygen atoms in total. The van der Waals surface area contributed by atoms with Crippen molar-refractivity contribution in [2.24, 2.45) is 23.2 Å². The Morgan fingerprint density at radius 1 is 1.25 bits per heavy atom. The summed E-state index contributed by atoms with van der Waals surface area (Å²) in [5.74, 6) is 2.88. The smallest absolute Gasteiger partial charge is 0.0107 e. The number of fused-ring (bicyclic) bond motifs is 5. The second kappa shape index (κ2) is 2.04. The summed E-state index contributed by atoms with van der Waals surface area (Å²) in [5, 5.41) is 0. The van der Waals surface area contributed by atoms with Crippen LogP contribution in [0, 0.1) is 23.2 Å². The summed E-state index contributed by atoms with van der Waals surface area (Å²) in [5.41, 5.74) is 0.570. The molecule has 0 amide bonds. The van der Waals surface area contributed by atoms with E-state index in [1.807, 2.05) is 0 Å². The molecule has 2 bridgehead atoms. The molecule has 3 aliphatic rings. The average molecular weight is 160 g/mol. The molecule has 0 N–H and O–H groups in total. The van der Waals surface area contributed by atoms with Gasteiger partial charge < -0.3 is 0 Å². The minimum Gasteiger partial charge on any atom is -0.0882 e. The van der Waals surface area contributed by atoms with E-state index in [2.05, 4.69) is 31.2 Å². The second-order valence-corrected chi connectivity index (χ2v) is 4.95. The first-order valence-electron chi connectivity index (χ1n) is 5.14. The molecular weight excluding hydrogens is 144 g/mol. The predicted molar refractivity (Wildman–Crippen MR) is 50.7 cm³/mol. The maximum atomic E-state index is 2.48. The van der Waals surface area contributed by atoms with E-state index in [-0.39, 0.29) is 0 Å². The summed E-state index contributed by atoms with van der Waals surface area (Å²) < 4.78 is 0. The van der Waals surface area contributed by atoms with Gasteiger partial charge in [0.25, 0.3) is 0 Å². The van der Waals surface area contributed by atoms with Crippen molar-refractivity contribution in [1.29, 1.82) is 0 Å². The van der Waals surface area contributed by atoms with E-state index in [1.165, 1.54) is 19.3 Å². The number of hydrogen-bond acceptors (Lipinski definition) is 0. The van der Waals surface area contributed by atoms with E-state index in [4.69, 9.17) is 0 Å². The molecule has 0 aromatic carbocycles. The largest absolute Gasteiger partial charge is 0.0882 e. The molecule has 12 heavy (non-hydrogen) atoms. The maximum absolute atomic E-state index is 2.48. The highest BCUT2D eigenvalue weighted by Crippen LogP contribution is 2.59. The minimum absolute atomic E-state index is 0.570. The minimum atomic E-state index is 0.570. The van der Waals surface area contributed by atoms with Gasteiger partial charge >= 0.3 is 0 Å². The second-order valence-electron chi connectivity index (χ2n) is 4.95. The van der Waals surface area contributed by atoms with Crippen molar-refractivity contribution < 1.29 is 0 Å². The summed E-state index contributed by atoms with van der Waals surface area (Å²) in [6, 6.07) is 0. The molecule has 0 aromatic heterocycles. The van der Waals surface area contributed by atoms with Crippen molar-refractivity contribution in [3.05, 3.63) is 24.3 Å². The summed E-state index contributed by atoms with van der Waals surface area (Å²) >= 11 is 0. The quantitative estimate of drug-likeness (QED) is 0.477. The van der Waals surface area contributed by atoms with Crippen LogP contribution < -0.4 is 0 Å². The Bertz CT molecular complexity index is 261. The lowest BCUT2D eigenvalue weighted by Crippen LogP contribution is -2.26. The van der Waals surface area contributed by atoms with Gasteiger partial charge in [0.2, 0.25) is 0 Å². The van der Waals surface area contributed by atoms with Gasteiger partial charge in [-0.2, -0.15) is 0 Å². The standard InChI is InChI=1S/C12H16/c1-12-7-6-9(8-12)10-4-2-3-5-11(10)12/h2-3,6-7,9-11H,4-5,8H2,1H3. The van der Waals surface area contributed by atoms with E-state index < -0.39 is 0 Å². The van der Waals surface area contributed by atoms with Crippen LogP contribution in [0.1, 0.15) is 26.2 Å². The normalized spacial score (nSPS) is 54.6. The fraction of sp³-hybridized carbons (Fsp3) is 0.667. The average Bonchev–Trinajstić information content (AvgIpc) is 2.60. The third kappa shape index (κ3) is 0.688. The van der Waals surface area contributed by atoms with E-state index in [1.54, 1.807) is 0 Å². The topological polar surface area (TPSA) is 0 Å². The fourth-order valence-electron chi connectivity index (χ4n) is 3.62.